The molecule has 26 heavy (non-hydrogen) atoms. The van der Waals surface area contributed by atoms with Crippen molar-refractivity contribution in [1.29, 1.82) is 0 Å². The molecule has 0 heterocycles. The molecule has 5 nitrogen and oxygen atoms in total. The quantitative estimate of drug-likeness (QED) is 0.484. The molecule has 4 fully saturated rings. The minimum atomic E-state index is -0.479. The molecule has 4 aliphatic carbocycles. The Bertz CT molecular complexity index is 527. The molecule has 0 N–H and O–H groups in total. The highest BCUT2D eigenvalue weighted by Crippen LogP contribution is 2.59. The molecule has 4 saturated carbocycles. The first-order valence-electron chi connectivity index (χ1n) is 10.2. The lowest BCUT2D eigenvalue weighted by Crippen LogP contribution is -2.58. The van der Waals surface area contributed by atoms with Crippen LogP contribution >= 0.6 is 0 Å². The zero-order chi connectivity index (χ0) is 18.9. The van der Waals surface area contributed by atoms with Crippen LogP contribution in [0.4, 0.5) is 0 Å². The van der Waals surface area contributed by atoms with Crippen molar-refractivity contribution in [3.05, 3.63) is 0 Å². The number of rotatable bonds is 8. The van der Waals surface area contributed by atoms with E-state index >= 15 is 0 Å². The Hall–Kier alpha value is -1.10. The Morgan fingerprint density at radius 1 is 1.08 bits per heavy atom. The third kappa shape index (κ3) is 3.92. The summed E-state index contributed by atoms with van der Waals surface area (Å²) in [5.74, 6) is 2.14. The third-order valence-electron chi connectivity index (χ3n) is 7.18. The van der Waals surface area contributed by atoms with E-state index in [1.165, 1.54) is 19.3 Å². The van der Waals surface area contributed by atoms with Gasteiger partial charge in [-0.15, -0.1) is 0 Å². The predicted molar refractivity (Wildman–Crippen MR) is 97.4 cm³/mol. The molecule has 3 atom stereocenters. The fourth-order valence-corrected chi connectivity index (χ4v) is 5.34. The average Bonchev–Trinajstić information content (AvgIpc) is 2.58. The van der Waals surface area contributed by atoms with E-state index in [-0.39, 0.29) is 37.4 Å². The number of esters is 2. The first-order chi connectivity index (χ1) is 12.3. The van der Waals surface area contributed by atoms with Gasteiger partial charge in [-0.2, -0.15) is 0 Å². The van der Waals surface area contributed by atoms with Crippen molar-refractivity contribution >= 4 is 11.9 Å². The number of hydrogen-bond acceptors (Lipinski definition) is 5. The van der Waals surface area contributed by atoms with Crippen LogP contribution in [-0.2, 0) is 23.8 Å². The van der Waals surface area contributed by atoms with Gasteiger partial charge in [0.25, 0.3) is 0 Å². The van der Waals surface area contributed by atoms with Crippen molar-refractivity contribution in [2.24, 2.45) is 29.1 Å². The maximum Gasteiger partial charge on any atom is 0.332 e. The summed E-state index contributed by atoms with van der Waals surface area (Å²) in [6.07, 6.45) is 6.72. The van der Waals surface area contributed by atoms with Crippen LogP contribution in [0, 0.1) is 29.1 Å². The van der Waals surface area contributed by atoms with Crippen molar-refractivity contribution in [3.8, 4) is 0 Å². The lowest BCUT2D eigenvalue weighted by Gasteiger charge is -2.59. The highest BCUT2D eigenvalue weighted by Gasteiger charge is 2.57. The van der Waals surface area contributed by atoms with Crippen LogP contribution in [0.3, 0.4) is 0 Å². The van der Waals surface area contributed by atoms with E-state index in [1.807, 2.05) is 20.8 Å². The molecule has 0 aromatic rings. The zero-order valence-electron chi connectivity index (χ0n) is 16.7. The number of carbonyl (C=O) groups excluding carboxylic acids is 2. The van der Waals surface area contributed by atoms with E-state index in [0.717, 1.165) is 37.0 Å². The summed E-state index contributed by atoms with van der Waals surface area (Å²) >= 11 is 0. The molecule has 0 spiro atoms. The van der Waals surface area contributed by atoms with Crippen molar-refractivity contribution in [2.75, 3.05) is 19.8 Å². The van der Waals surface area contributed by atoms with Gasteiger partial charge in [0, 0.05) is 0 Å². The van der Waals surface area contributed by atoms with Crippen LogP contribution in [0.25, 0.3) is 0 Å². The molecule has 4 bridgehead atoms. The van der Waals surface area contributed by atoms with E-state index in [9.17, 15) is 9.59 Å². The van der Waals surface area contributed by atoms with Crippen LogP contribution in [0.2, 0.25) is 0 Å². The smallest absolute Gasteiger partial charge is 0.332 e. The van der Waals surface area contributed by atoms with Gasteiger partial charge in [0.05, 0.1) is 12.0 Å². The van der Waals surface area contributed by atoms with Gasteiger partial charge in [0.2, 0.25) is 0 Å². The zero-order valence-corrected chi connectivity index (χ0v) is 16.7. The molecule has 0 saturated heterocycles. The largest absolute Gasteiger partial charge is 0.463 e. The van der Waals surface area contributed by atoms with Gasteiger partial charge in [-0.1, -0.05) is 13.8 Å². The Labute approximate surface area is 157 Å². The maximum atomic E-state index is 12.3. The molecule has 0 aromatic carbocycles. The van der Waals surface area contributed by atoms with Crippen molar-refractivity contribution in [2.45, 2.75) is 71.8 Å². The summed E-state index contributed by atoms with van der Waals surface area (Å²) in [5, 5.41) is 0. The topological polar surface area (TPSA) is 61.8 Å². The van der Waals surface area contributed by atoms with Crippen LogP contribution in [0.1, 0.15) is 66.2 Å². The van der Waals surface area contributed by atoms with Crippen molar-refractivity contribution in [1.82, 2.24) is 0 Å². The minimum Gasteiger partial charge on any atom is -0.463 e. The van der Waals surface area contributed by atoms with Gasteiger partial charge in [0.1, 0.15) is 18.8 Å². The lowest BCUT2D eigenvalue weighted by atomic mass is 9.50. The second-order valence-electron chi connectivity index (χ2n) is 9.36. The first kappa shape index (κ1) is 19.7. The van der Waals surface area contributed by atoms with Crippen LogP contribution in [0.5, 0.6) is 0 Å². The molecule has 5 heteroatoms. The van der Waals surface area contributed by atoms with E-state index in [0.29, 0.717) is 5.92 Å². The number of ether oxygens (including phenoxy) is 3. The molecule has 4 aliphatic rings. The Kier molecular flexibility index (Phi) is 5.66. The van der Waals surface area contributed by atoms with E-state index in [1.54, 1.807) is 0 Å². The molecule has 0 aliphatic heterocycles. The molecular formula is C21H34O5. The van der Waals surface area contributed by atoms with E-state index in [2.05, 4.69) is 6.92 Å². The predicted octanol–water partition coefficient (Wildman–Crippen LogP) is 3.74. The molecule has 0 aromatic heterocycles. The van der Waals surface area contributed by atoms with Gasteiger partial charge >= 0.3 is 11.9 Å². The standard InChI is InChI=1S/C21H34O5/c1-5-20(3,4)19(23)25-7-6-24-13-18(22)26-21-11-15-8-16(12-21)10-17(9-15)14(21)2/h14-17H,5-13H2,1-4H3. The van der Waals surface area contributed by atoms with Crippen molar-refractivity contribution in [3.63, 3.8) is 0 Å². The van der Waals surface area contributed by atoms with Gasteiger partial charge in [0.15, 0.2) is 0 Å². The molecule has 148 valence electrons. The SMILES string of the molecule is CCC(C)(C)C(=O)OCCOCC(=O)OC12CC3CC(CC(C3)C1C)C2. The summed E-state index contributed by atoms with van der Waals surface area (Å²) in [6, 6.07) is 0. The van der Waals surface area contributed by atoms with Gasteiger partial charge in [-0.25, -0.2) is 4.79 Å². The lowest BCUT2D eigenvalue weighted by molar-refractivity contribution is -0.208. The van der Waals surface area contributed by atoms with Gasteiger partial charge in [-0.3, -0.25) is 4.79 Å². The average molecular weight is 366 g/mol. The number of carbonyl (C=O) groups is 2. The third-order valence-corrected chi connectivity index (χ3v) is 7.18. The van der Waals surface area contributed by atoms with E-state index < -0.39 is 5.41 Å². The van der Waals surface area contributed by atoms with Crippen LogP contribution in [-0.4, -0.2) is 37.4 Å². The Balaban J connectivity index is 1.39. The second-order valence-corrected chi connectivity index (χ2v) is 9.36. The minimum absolute atomic E-state index is 0.0663. The fraction of sp³-hybridized carbons (Fsp3) is 0.905. The fourth-order valence-electron chi connectivity index (χ4n) is 5.34. The summed E-state index contributed by atoms with van der Waals surface area (Å²) in [7, 11) is 0. The summed E-state index contributed by atoms with van der Waals surface area (Å²) in [4.78, 5) is 24.2. The van der Waals surface area contributed by atoms with Gasteiger partial charge in [-0.05, 0) is 76.0 Å². The van der Waals surface area contributed by atoms with Crippen LogP contribution < -0.4 is 0 Å². The van der Waals surface area contributed by atoms with Gasteiger partial charge < -0.3 is 14.2 Å². The monoisotopic (exact) mass is 366 g/mol. The highest BCUT2D eigenvalue weighted by molar-refractivity contribution is 5.75. The maximum absolute atomic E-state index is 12.3. The van der Waals surface area contributed by atoms with Crippen molar-refractivity contribution < 1.29 is 23.8 Å². The molecule has 0 amide bonds. The summed E-state index contributed by atoms with van der Waals surface area (Å²) in [6.45, 7) is 8.26. The molecule has 4 rings (SSSR count). The summed E-state index contributed by atoms with van der Waals surface area (Å²) in [5.41, 5.74) is -0.736. The Morgan fingerprint density at radius 2 is 1.73 bits per heavy atom. The molecule has 0 radical (unpaired) electrons. The molecule has 3 unspecified atom stereocenters. The Morgan fingerprint density at radius 3 is 2.35 bits per heavy atom. The van der Waals surface area contributed by atoms with Crippen LogP contribution in [0.15, 0.2) is 0 Å². The first-order valence-corrected chi connectivity index (χ1v) is 10.2. The van der Waals surface area contributed by atoms with E-state index in [4.69, 9.17) is 14.2 Å². The normalized spacial score (nSPS) is 35.4. The summed E-state index contributed by atoms with van der Waals surface area (Å²) < 4.78 is 16.6. The highest BCUT2D eigenvalue weighted by atomic mass is 16.6. The second kappa shape index (κ2) is 7.49. The molecular weight excluding hydrogens is 332 g/mol. The number of hydrogen-bond donors (Lipinski definition) is 0.